The quantitative estimate of drug-likeness (QED) is 0.868. The van der Waals surface area contributed by atoms with Gasteiger partial charge in [-0.2, -0.15) is 5.26 Å². The maximum atomic E-state index is 9.01. The van der Waals surface area contributed by atoms with E-state index in [0.717, 1.165) is 17.8 Å². The van der Waals surface area contributed by atoms with Crippen LogP contribution in [0.5, 0.6) is 0 Å². The van der Waals surface area contributed by atoms with Crippen molar-refractivity contribution in [3.63, 3.8) is 0 Å². The van der Waals surface area contributed by atoms with Crippen LogP contribution in [0.3, 0.4) is 0 Å². The van der Waals surface area contributed by atoms with Gasteiger partial charge in [-0.1, -0.05) is 17.7 Å². The highest BCUT2D eigenvalue weighted by Crippen LogP contribution is 2.28. The summed E-state index contributed by atoms with van der Waals surface area (Å²) in [6.07, 6.45) is -0.405. The number of rotatable bonds is 2. The van der Waals surface area contributed by atoms with E-state index in [2.05, 4.69) is 6.07 Å². The summed E-state index contributed by atoms with van der Waals surface area (Å²) in [7, 11) is 0. The highest BCUT2D eigenvalue weighted by atomic mass is 35.5. The summed E-state index contributed by atoms with van der Waals surface area (Å²) in [5.74, 6) is 0. The van der Waals surface area contributed by atoms with Gasteiger partial charge in [-0.25, -0.2) is 0 Å². The lowest BCUT2D eigenvalue weighted by molar-refractivity contribution is 0.0764. The van der Waals surface area contributed by atoms with Crippen molar-refractivity contribution in [1.82, 2.24) is 0 Å². The van der Waals surface area contributed by atoms with E-state index in [4.69, 9.17) is 26.7 Å². The molecule has 1 atom stereocenters. The van der Waals surface area contributed by atoms with Crippen LogP contribution in [0.15, 0.2) is 18.2 Å². The molecule has 1 fully saturated rings. The number of aliphatic hydroxyl groups is 1. The maximum absolute atomic E-state index is 9.01. The summed E-state index contributed by atoms with van der Waals surface area (Å²) < 4.78 is 5.28. The van der Waals surface area contributed by atoms with Crippen molar-refractivity contribution < 1.29 is 9.84 Å². The molecule has 5 heteroatoms. The molecule has 1 unspecified atom stereocenters. The van der Waals surface area contributed by atoms with Crippen LogP contribution in [0.25, 0.3) is 0 Å². The second-order valence-corrected chi connectivity index (χ2v) is 4.29. The average molecular weight is 253 g/mol. The topological polar surface area (TPSA) is 56.5 Å². The molecule has 1 N–H and O–H groups in total. The fourth-order valence-corrected chi connectivity index (χ4v) is 2.17. The molecule has 0 aromatic heterocycles. The fraction of sp³-hybridized carbons (Fsp3) is 0.417. The Morgan fingerprint density at radius 2 is 2.41 bits per heavy atom. The van der Waals surface area contributed by atoms with Crippen molar-refractivity contribution in [2.45, 2.75) is 12.7 Å². The van der Waals surface area contributed by atoms with E-state index < -0.39 is 6.10 Å². The van der Waals surface area contributed by atoms with Crippen molar-refractivity contribution in [2.24, 2.45) is 0 Å². The fourth-order valence-electron chi connectivity index (χ4n) is 1.85. The van der Waals surface area contributed by atoms with Crippen LogP contribution >= 0.6 is 11.6 Å². The van der Waals surface area contributed by atoms with Crippen molar-refractivity contribution in [3.05, 3.63) is 28.8 Å². The number of ether oxygens (including phenoxy) is 1. The minimum absolute atomic E-state index is 0.0239. The minimum atomic E-state index is -0.405. The molecule has 1 heterocycles. The Bertz CT molecular complexity index is 445. The largest absolute Gasteiger partial charge is 0.392 e. The molecule has 2 rings (SSSR count). The molecule has 90 valence electrons. The van der Waals surface area contributed by atoms with Gasteiger partial charge in [0.1, 0.15) is 0 Å². The summed E-state index contributed by atoms with van der Waals surface area (Å²) in [6, 6.07) is 7.54. The number of halogens is 1. The van der Waals surface area contributed by atoms with Gasteiger partial charge in [0, 0.05) is 6.54 Å². The second kappa shape index (κ2) is 5.37. The number of nitrogens with zero attached hydrogens (tertiary/aromatic N) is 2. The predicted molar refractivity (Wildman–Crippen MR) is 64.9 cm³/mol. The Morgan fingerprint density at radius 1 is 1.59 bits per heavy atom. The van der Waals surface area contributed by atoms with Gasteiger partial charge in [0.05, 0.1) is 36.5 Å². The molecule has 1 aromatic rings. The highest BCUT2D eigenvalue weighted by molar-refractivity contribution is 6.33. The lowest BCUT2D eigenvalue weighted by Gasteiger charge is -2.32. The summed E-state index contributed by atoms with van der Waals surface area (Å²) in [4.78, 5) is 2.03. The number of aliphatic hydroxyl groups excluding tert-OH is 1. The molecular formula is C12H13ClN2O2. The van der Waals surface area contributed by atoms with Crippen molar-refractivity contribution in [2.75, 3.05) is 24.6 Å². The van der Waals surface area contributed by atoms with Crippen LogP contribution in [-0.2, 0) is 11.3 Å². The molecule has 4 nitrogen and oxygen atoms in total. The molecule has 0 amide bonds. The Kier molecular flexibility index (Phi) is 3.85. The summed E-state index contributed by atoms with van der Waals surface area (Å²) in [5.41, 5.74) is 1.66. The molecule has 0 bridgehead atoms. The average Bonchev–Trinajstić information content (AvgIpc) is 2.38. The molecule has 17 heavy (non-hydrogen) atoms. The zero-order valence-electron chi connectivity index (χ0n) is 9.27. The molecular weight excluding hydrogens is 240 g/mol. The third-order valence-electron chi connectivity index (χ3n) is 2.75. The smallest absolute Gasteiger partial charge is 0.161 e. The van der Waals surface area contributed by atoms with Gasteiger partial charge in [0.15, 0.2) is 6.10 Å². The van der Waals surface area contributed by atoms with Crippen LogP contribution in [-0.4, -0.2) is 30.9 Å². The Morgan fingerprint density at radius 3 is 3.06 bits per heavy atom. The van der Waals surface area contributed by atoms with Crippen LogP contribution < -0.4 is 4.90 Å². The van der Waals surface area contributed by atoms with E-state index >= 15 is 0 Å². The second-order valence-electron chi connectivity index (χ2n) is 3.88. The van der Waals surface area contributed by atoms with E-state index in [1.54, 1.807) is 6.07 Å². The van der Waals surface area contributed by atoms with Gasteiger partial charge in [-0.3, -0.25) is 0 Å². The van der Waals surface area contributed by atoms with Gasteiger partial charge < -0.3 is 14.7 Å². The molecule has 1 aromatic carbocycles. The first-order valence-corrected chi connectivity index (χ1v) is 5.78. The van der Waals surface area contributed by atoms with E-state index in [0.29, 0.717) is 18.2 Å². The third kappa shape index (κ3) is 2.70. The van der Waals surface area contributed by atoms with Gasteiger partial charge in [-0.15, -0.1) is 0 Å². The number of benzene rings is 1. The zero-order valence-corrected chi connectivity index (χ0v) is 10.0. The number of hydrogen-bond acceptors (Lipinski definition) is 4. The van der Waals surface area contributed by atoms with Crippen molar-refractivity contribution in [1.29, 1.82) is 5.26 Å². The Balaban J connectivity index is 2.19. The first kappa shape index (κ1) is 12.2. The number of hydrogen-bond donors (Lipinski definition) is 1. The first-order valence-electron chi connectivity index (χ1n) is 5.40. The molecule has 0 saturated carbocycles. The maximum Gasteiger partial charge on any atom is 0.161 e. The SMILES string of the molecule is N#CC1CN(c2ccc(CO)cc2Cl)CCO1. The van der Waals surface area contributed by atoms with Gasteiger partial charge >= 0.3 is 0 Å². The number of morpholine rings is 1. The summed E-state index contributed by atoms with van der Waals surface area (Å²) >= 11 is 6.16. The zero-order chi connectivity index (χ0) is 12.3. The minimum Gasteiger partial charge on any atom is -0.392 e. The summed E-state index contributed by atoms with van der Waals surface area (Å²) in [5, 5.41) is 18.4. The molecule has 0 radical (unpaired) electrons. The predicted octanol–water partition coefficient (Wildman–Crippen LogP) is 1.56. The molecule has 0 aliphatic carbocycles. The number of nitriles is 1. The first-order chi connectivity index (χ1) is 8.24. The number of anilines is 1. The van der Waals surface area contributed by atoms with E-state index in [-0.39, 0.29) is 6.61 Å². The molecule has 1 aliphatic rings. The van der Waals surface area contributed by atoms with Gasteiger partial charge in [0.2, 0.25) is 0 Å². The normalized spacial score (nSPS) is 20.1. The van der Waals surface area contributed by atoms with Crippen LogP contribution in [0.1, 0.15) is 5.56 Å². The van der Waals surface area contributed by atoms with Gasteiger partial charge in [0.25, 0.3) is 0 Å². The lowest BCUT2D eigenvalue weighted by atomic mass is 10.2. The summed E-state index contributed by atoms with van der Waals surface area (Å²) in [6.45, 7) is 1.74. The Labute approximate surface area is 105 Å². The molecule has 1 aliphatic heterocycles. The van der Waals surface area contributed by atoms with Gasteiger partial charge in [-0.05, 0) is 17.7 Å². The van der Waals surface area contributed by atoms with Crippen LogP contribution in [0, 0.1) is 11.3 Å². The highest BCUT2D eigenvalue weighted by Gasteiger charge is 2.21. The molecule has 0 spiro atoms. The lowest BCUT2D eigenvalue weighted by Crippen LogP contribution is -2.42. The van der Waals surface area contributed by atoms with Crippen LogP contribution in [0.4, 0.5) is 5.69 Å². The third-order valence-corrected chi connectivity index (χ3v) is 3.05. The van der Waals surface area contributed by atoms with Crippen molar-refractivity contribution in [3.8, 4) is 6.07 Å². The molecule has 1 saturated heterocycles. The monoisotopic (exact) mass is 252 g/mol. The van der Waals surface area contributed by atoms with E-state index in [9.17, 15) is 0 Å². The standard InChI is InChI=1S/C12H13ClN2O2/c13-11-5-9(8-16)1-2-12(11)15-3-4-17-10(6-14)7-15/h1-2,5,10,16H,3-4,7-8H2. The van der Waals surface area contributed by atoms with Crippen molar-refractivity contribution >= 4 is 17.3 Å². The van der Waals surface area contributed by atoms with E-state index in [1.807, 2.05) is 17.0 Å². The van der Waals surface area contributed by atoms with Crippen LogP contribution in [0.2, 0.25) is 5.02 Å². The Hall–Kier alpha value is -1.28. The van der Waals surface area contributed by atoms with E-state index in [1.165, 1.54) is 0 Å².